The van der Waals surface area contributed by atoms with Crippen molar-refractivity contribution in [2.45, 2.75) is 44.6 Å². The second kappa shape index (κ2) is 5.38. The van der Waals surface area contributed by atoms with Gasteiger partial charge in [0.2, 0.25) is 0 Å². The van der Waals surface area contributed by atoms with Crippen molar-refractivity contribution in [1.29, 1.82) is 0 Å². The number of likely N-dealkylation sites (tertiary alicyclic amines) is 1. The van der Waals surface area contributed by atoms with E-state index in [-0.39, 0.29) is 11.5 Å². The minimum Gasteiger partial charge on any atom is -0.490 e. The topological polar surface area (TPSA) is 30.3 Å². The number of piperidine rings is 1. The van der Waals surface area contributed by atoms with Crippen LogP contribution in [0, 0.1) is 0 Å². The Bertz CT molecular complexity index is 713. The fraction of sp³-hybridized carbons (Fsp3) is 0.526. The molecule has 1 aromatic carbocycles. The average Bonchev–Trinajstić information content (AvgIpc) is 3.15. The Morgan fingerprint density at radius 3 is 2.83 bits per heavy atom. The molecule has 1 unspecified atom stereocenters. The summed E-state index contributed by atoms with van der Waals surface area (Å²) in [4.78, 5) is 7.14. The minimum absolute atomic E-state index is 0.152. The molecule has 4 heteroatoms. The van der Waals surface area contributed by atoms with Crippen molar-refractivity contribution in [1.82, 2.24) is 14.5 Å². The number of imidazole rings is 1. The summed E-state index contributed by atoms with van der Waals surface area (Å²) in [5.41, 5.74) is 2.66. The van der Waals surface area contributed by atoms with Gasteiger partial charge in [-0.15, -0.1) is 0 Å². The summed E-state index contributed by atoms with van der Waals surface area (Å²) < 4.78 is 8.10. The third kappa shape index (κ3) is 2.55. The van der Waals surface area contributed by atoms with E-state index < -0.39 is 0 Å². The molecule has 0 bridgehead atoms. The largest absolute Gasteiger partial charge is 0.490 e. The van der Waals surface area contributed by atoms with Crippen LogP contribution in [-0.2, 0) is 11.8 Å². The molecule has 2 aliphatic heterocycles. The lowest BCUT2D eigenvalue weighted by molar-refractivity contribution is 0.192. The summed E-state index contributed by atoms with van der Waals surface area (Å²) >= 11 is 0. The number of nitrogens with zero attached hydrogens (tertiary/aromatic N) is 3. The zero-order chi connectivity index (χ0) is 16.0. The smallest absolute Gasteiger partial charge is 0.123 e. The maximum Gasteiger partial charge on any atom is 0.123 e. The van der Waals surface area contributed by atoms with E-state index in [1.807, 2.05) is 6.20 Å². The van der Waals surface area contributed by atoms with Gasteiger partial charge in [0, 0.05) is 29.9 Å². The number of ether oxygens (including phenoxy) is 1. The van der Waals surface area contributed by atoms with Gasteiger partial charge < -0.3 is 14.2 Å². The molecule has 0 N–H and O–H groups in total. The van der Waals surface area contributed by atoms with Gasteiger partial charge >= 0.3 is 0 Å². The summed E-state index contributed by atoms with van der Waals surface area (Å²) in [5, 5.41) is 0. The number of benzene rings is 1. The highest BCUT2D eigenvalue weighted by atomic mass is 16.5. The molecule has 2 aliphatic rings. The Kier molecular flexibility index (Phi) is 3.45. The minimum atomic E-state index is 0.152. The maximum absolute atomic E-state index is 5.83. The molecule has 0 amide bonds. The van der Waals surface area contributed by atoms with Crippen LogP contribution in [0.4, 0.5) is 0 Å². The molecular weight excluding hydrogens is 286 g/mol. The molecule has 1 fully saturated rings. The summed E-state index contributed by atoms with van der Waals surface area (Å²) in [6, 6.07) is 6.53. The Morgan fingerprint density at radius 2 is 2.04 bits per heavy atom. The zero-order valence-corrected chi connectivity index (χ0v) is 14.2. The van der Waals surface area contributed by atoms with E-state index in [0.717, 1.165) is 38.1 Å². The van der Waals surface area contributed by atoms with Gasteiger partial charge in [0.25, 0.3) is 0 Å². The molecular formula is C19H25N3O. The van der Waals surface area contributed by atoms with E-state index in [2.05, 4.69) is 54.8 Å². The lowest BCUT2D eigenvalue weighted by atomic mass is 9.79. The van der Waals surface area contributed by atoms with Crippen molar-refractivity contribution >= 4 is 0 Å². The molecule has 122 valence electrons. The zero-order valence-electron chi connectivity index (χ0n) is 14.2. The lowest BCUT2D eigenvalue weighted by Gasteiger charge is -2.37. The highest BCUT2D eigenvalue weighted by molar-refractivity contribution is 5.47. The molecule has 1 atom stereocenters. The standard InChI is InChI=1S/C19H25N3O/c1-14-12-15-13-16(4-5-17(15)23-14)22-11-8-20-18(22)19(2)6-9-21(3)10-7-19/h4-5,8,11,13-14H,6-7,9-10,12H2,1-3H3. The number of hydrogen-bond donors (Lipinski definition) is 0. The first-order valence-electron chi connectivity index (χ1n) is 8.57. The quantitative estimate of drug-likeness (QED) is 0.853. The molecule has 1 aromatic heterocycles. The second-order valence-corrected chi connectivity index (χ2v) is 7.41. The van der Waals surface area contributed by atoms with E-state index in [1.165, 1.54) is 17.1 Å². The van der Waals surface area contributed by atoms with Crippen LogP contribution in [0.25, 0.3) is 5.69 Å². The Labute approximate surface area is 138 Å². The number of rotatable bonds is 2. The predicted molar refractivity (Wildman–Crippen MR) is 91.4 cm³/mol. The van der Waals surface area contributed by atoms with Crippen molar-refractivity contribution in [2.75, 3.05) is 20.1 Å². The molecule has 0 saturated carbocycles. The highest BCUT2D eigenvalue weighted by Crippen LogP contribution is 2.36. The second-order valence-electron chi connectivity index (χ2n) is 7.41. The van der Waals surface area contributed by atoms with E-state index in [0.29, 0.717) is 0 Å². The van der Waals surface area contributed by atoms with Gasteiger partial charge in [-0.25, -0.2) is 4.98 Å². The molecule has 0 radical (unpaired) electrons. The van der Waals surface area contributed by atoms with Crippen molar-refractivity contribution in [2.24, 2.45) is 0 Å². The van der Waals surface area contributed by atoms with Gasteiger partial charge in [-0.2, -0.15) is 0 Å². The van der Waals surface area contributed by atoms with E-state index >= 15 is 0 Å². The van der Waals surface area contributed by atoms with Gasteiger partial charge in [0.15, 0.2) is 0 Å². The SMILES string of the molecule is CC1Cc2cc(-n3ccnc3C3(C)CCN(C)CC3)ccc2O1. The van der Waals surface area contributed by atoms with Crippen molar-refractivity contribution in [3.8, 4) is 11.4 Å². The van der Waals surface area contributed by atoms with Gasteiger partial charge in [-0.3, -0.25) is 0 Å². The van der Waals surface area contributed by atoms with E-state index in [4.69, 9.17) is 9.72 Å². The van der Waals surface area contributed by atoms with E-state index in [1.54, 1.807) is 0 Å². The monoisotopic (exact) mass is 311 g/mol. The molecule has 2 aromatic rings. The first-order valence-corrected chi connectivity index (χ1v) is 8.57. The highest BCUT2D eigenvalue weighted by Gasteiger charge is 2.34. The van der Waals surface area contributed by atoms with E-state index in [9.17, 15) is 0 Å². The Morgan fingerprint density at radius 1 is 1.26 bits per heavy atom. The van der Waals surface area contributed by atoms with Gasteiger partial charge in [-0.05, 0) is 63.7 Å². The fourth-order valence-corrected chi connectivity index (χ4v) is 3.85. The van der Waals surface area contributed by atoms with Crippen molar-refractivity contribution < 1.29 is 4.74 Å². The van der Waals surface area contributed by atoms with Crippen LogP contribution in [-0.4, -0.2) is 40.7 Å². The molecule has 0 aliphatic carbocycles. The molecule has 0 spiro atoms. The van der Waals surface area contributed by atoms with Crippen molar-refractivity contribution in [3.05, 3.63) is 42.0 Å². The third-order valence-electron chi connectivity index (χ3n) is 5.43. The summed E-state index contributed by atoms with van der Waals surface area (Å²) in [6.45, 7) is 6.76. The van der Waals surface area contributed by atoms with Crippen molar-refractivity contribution in [3.63, 3.8) is 0 Å². The number of aromatic nitrogens is 2. The van der Waals surface area contributed by atoms with Crippen LogP contribution in [0.3, 0.4) is 0 Å². The first kappa shape index (κ1) is 14.8. The Hall–Kier alpha value is -1.81. The normalized spacial score (nSPS) is 23.5. The lowest BCUT2D eigenvalue weighted by Crippen LogP contribution is -2.40. The summed E-state index contributed by atoms with van der Waals surface area (Å²) in [7, 11) is 2.20. The first-order chi connectivity index (χ1) is 11.0. The number of fused-ring (bicyclic) bond motifs is 1. The van der Waals surface area contributed by atoms with Crippen LogP contribution in [0.15, 0.2) is 30.6 Å². The van der Waals surface area contributed by atoms with Crippen LogP contribution in [0.1, 0.15) is 38.1 Å². The molecule has 23 heavy (non-hydrogen) atoms. The average molecular weight is 311 g/mol. The summed E-state index contributed by atoms with van der Waals surface area (Å²) in [6.07, 6.45) is 7.63. The molecule has 1 saturated heterocycles. The third-order valence-corrected chi connectivity index (χ3v) is 5.43. The van der Waals surface area contributed by atoms with Gasteiger partial charge in [0.1, 0.15) is 17.7 Å². The van der Waals surface area contributed by atoms with Gasteiger partial charge in [0.05, 0.1) is 0 Å². The molecule has 4 rings (SSSR count). The molecule has 4 nitrogen and oxygen atoms in total. The maximum atomic E-state index is 5.83. The molecule has 3 heterocycles. The van der Waals surface area contributed by atoms with Crippen LogP contribution >= 0.6 is 0 Å². The van der Waals surface area contributed by atoms with Crippen LogP contribution in [0.5, 0.6) is 5.75 Å². The van der Waals surface area contributed by atoms with Crippen LogP contribution in [0.2, 0.25) is 0 Å². The Balaban J connectivity index is 1.69. The van der Waals surface area contributed by atoms with Crippen LogP contribution < -0.4 is 4.74 Å². The summed E-state index contributed by atoms with van der Waals surface area (Å²) in [5.74, 6) is 2.23. The number of hydrogen-bond acceptors (Lipinski definition) is 3. The predicted octanol–water partition coefficient (Wildman–Crippen LogP) is 3.18. The fourth-order valence-electron chi connectivity index (χ4n) is 3.85. The van der Waals surface area contributed by atoms with Gasteiger partial charge in [-0.1, -0.05) is 6.92 Å².